The first-order valence-corrected chi connectivity index (χ1v) is 8.75. The van der Waals surface area contributed by atoms with Crippen LogP contribution in [0.3, 0.4) is 0 Å². The van der Waals surface area contributed by atoms with Gasteiger partial charge in [0.25, 0.3) is 10.0 Å². The fraction of sp³-hybridized carbons (Fsp3) is 0.250. The minimum Gasteiger partial charge on any atom is -0.394 e. The monoisotopic (exact) mass is 337 g/mol. The molecule has 116 valence electrons. The van der Waals surface area contributed by atoms with Crippen molar-refractivity contribution in [2.75, 3.05) is 10.9 Å². The Kier molecular flexibility index (Phi) is 3.89. The molecule has 0 fully saturated rings. The van der Waals surface area contributed by atoms with Crippen LogP contribution in [-0.4, -0.2) is 26.2 Å². The lowest BCUT2D eigenvalue weighted by Gasteiger charge is -2.25. The fourth-order valence-electron chi connectivity index (χ4n) is 2.75. The van der Waals surface area contributed by atoms with Crippen molar-refractivity contribution in [1.82, 2.24) is 0 Å². The third-order valence-electron chi connectivity index (χ3n) is 3.85. The minimum absolute atomic E-state index is 0.222. The SMILES string of the molecule is Cc1ccc(S(=O)(=O)N2c3ccc(Cl)cc3CC2CO)cc1. The maximum atomic E-state index is 12.9. The molecule has 0 bridgehead atoms. The van der Waals surface area contributed by atoms with Crippen LogP contribution in [0.15, 0.2) is 47.4 Å². The van der Waals surface area contributed by atoms with Gasteiger partial charge in [0, 0.05) is 5.02 Å². The van der Waals surface area contributed by atoms with Crippen molar-refractivity contribution >= 4 is 27.3 Å². The van der Waals surface area contributed by atoms with Crippen LogP contribution in [-0.2, 0) is 16.4 Å². The van der Waals surface area contributed by atoms with Crippen LogP contribution in [0.4, 0.5) is 5.69 Å². The standard InChI is InChI=1S/C16H16ClNO3S/c1-11-2-5-15(6-3-11)22(20,21)18-14(10-19)9-12-8-13(17)4-7-16(12)18/h2-8,14,19H,9-10H2,1H3. The normalized spacial score (nSPS) is 17.6. The number of aryl methyl sites for hydroxylation is 1. The lowest BCUT2D eigenvalue weighted by molar-refractivity contribution is 0.270. The molecule has 0 spiro atoms. The zero-order valence-corrected chi connectivity index (χ0v) is 13.6. The van der Waals surface area contributed by atoms with Gasteiger partial charge in [0.05, 0.1) is 23.2 Å². The largest absolute Gasteiger partial charge is 0.394 e. The van der Waals surface area contributed by atoms with Crippen molar-refractivity contribution in [3.05, 3.63) is 58.6 Å². The summed E-state index contributed by atoms with van der Waals surface area (Å²) in [5, 5.41) is 10.2. The maximum absolute atomic E-state index is 12.9. The second-order valence-corrected chi connectivity index (χ2v) is 7.68. The second kappa shape index (κ2) is 5.57. The van der Waals surface area contributed by atoms with Crippen LogP contribution in [0.25, 0.3) is 0 Å². The Morgan fingerprint density at radius 1 is 1.23 bits per heavy atom. The van der Waals surface area contributed by atoms with Gasteiger partial charge < -0.3 is 5.11 Å². The highest BCUT2D eigenvalue weighted by Gasteiger charge is 2.38. The average Bonchev–Trinajstić information content (AvgIpc) is 2.85. The van der Waals surface area contributed by atoms with E-state index < -0.39 is 16.1 Å². The summed E-state index contributed by atoms with van der Waals surface area (Å²) in [5.74, 6) is 0. The summed E-state index contributed by atoms with van der Waals surface area (Å²) >= 11 is 5.98. The first-order valence-electron chi connectivity index (χ1n) is 6.94. The summed E-state index contributed by atoms with van der Waals surface area (Å²) in [6.07, 6.45) is 0.456. The molecule has 4 nitrogen and oxygen atoms in total. The Hall–Kier alpha value is -1.56. The van der Waals surface area contributed by atoms with Crippen molar-refractivity contribution in [3.63, 3.8) is 0 Å². The van der Waals surface area contributed by atoms with Gasteiger partial charge in [0.15, 0.2) is 0 Å². The maximum Gasteiger partial charge on any atom is 0.264 e. The van der Waals surface area contributed by atoms with Crippen LogP contribution in [0.2, 0.25) is 5.02 Å². The van der Waals surface area contributed by atoms with E-state index in [2.05, 4.69) is 0 Å². The summed E-state index contributed by atoms with van der Waals surface area (Å²) in [7, 11) is -3.71. The van der Waals surface area contributed by atoms with E-state index in [9.17, 15) is 13.5 Å². The summed E-state index contributed by atoms with van der Waals surface area (Å²) in [6.45, 7) is 1.66. The number of nitrogens with zero attached hydrogens (tertiary/aromatic N) is 1. The quantitative estimate of drug-likeness (QED) is 0.937. The van der Waals surface area contributed by atoms with E-state index in [1.165, 1.54) is 4.31 Å². The number of hydrogen-bond acceptors (Lipinski definition) is 3. The number of hydrogen-bond donors (Lipinski definition) is 1. The molecule has 1 aliphatic rings. The van der Waals surface area contributed by atoms with Crippen LogP contribution in [0, 0.1) is 6.92 Å². The van der Waals surface area contributed by atoms with Crippen LogP contribution in [0.5, 0.6) is 0 Å². The number of fused-ring (bicyclic) bond motifs is 1. The third-order valence-corrected chi connectivity index (χ3v) is 5.97. The highest BCUT2D eigenvalue weighted by atomic mass is 35.5. The molecule has 6 heteroatoms. The fourth-order valence-corrected chi connectivity index (χ4v) is 4.63. The molecular formula is C16H16ClNO3S. The molecule has 0 saturated carbocycles. The molecule has 22 heavy (non-hydrogen) atoms. The van der Waals surface area contributed by atoms with Crippen molar-refractivity contribution in [3.8, 4) is 0 Å². The number of anilines is 1. The van der Waals surface area contributed by atoms with Gasteiger partial charge in [-0.05, 0) is 49.2 Å². The van der Waals surface area contributed by atoms with Gasteiger partial charge in [-0.3, -0.25) is 4.31 Å². The lowest BCUT2D eigenvalue weighted by Crippen LogP contribution is -2.39. The molecule has 1 unspecified atom stereocenters. The Labute approximate surface area is 135 Å². The van der Waals surface area contributed by atoms with Gasteiger partial charge in [0.2, 0.25) is 0 Å². The summed E-state index contributed by atoms with van der Waals surface area (Å²) in [6, 6.07) is 11.3. The summed E-state index contributed by atoms with van der Waals surface area (Å²) in [5.41, 5.74) is 2.41. The molecule has 0 radical (unpaired) electrons. The Morgan fingerprint density at radius 3 is 2.55 bits per heavy atom. The predicted octanol–water partition coefficient (Wildman–Crippen LogP) is 2.76. The van der Waals surface area contributed by atoms with Gasteiger partial charge in [-0.15, -0.1) is 0 Å². The molecule has 1 atom stereocenters. The Morgan fingerprint density at radius 2 is 1.91 bits per heavy atom. The van der Waals surface area contributed by atoms with Crippen molar-refractivity contribution in [1.29, 1.82) is 0 Å². The van der Waals surface area contributed by atoms with Crippen molar-refractivity contribution < 1.29 is 13.5 Å². The van der Waals surface area contributed by atoms with E-state index >= 15 is 0 Å². The molecule has 0 saturated heterocycles. The molecule has 0 amide bonds. The van der Waals surface area contributed by atoms with Gasteiger partial charge in [-0.1, -0.05) is 29.3 Å². The van der Waals surface area contributed by atoms with Crippen molar-refractivity contribution in [2.45, 2.75) is 24.3 Å². The van der Waals surface area contributed by atoms with Gasteiger partial charge in [0.1, 0.15) is 0 Å². The first kappa shape index (κ1) is 15.3. The van der Waals surface area contributed by atoms with Crippen LogP contribution < -0.4 is 4.31 Å². The van der Waals surface area contributed by atoms with Crippen LogP contribution in [0.1, 0.15) is 11.1 Å². The van der Waals surface area contributed by atoms with Crippen LogP contribution >= 0.6 is 11.6 Å². The molecule has 1 heterocycles. The molecule has 0 aliphatic carbocycles. The zero-order chi connectivity index (χ0) is 15.9. The summed E-state index contributed by atoms with van der Waals surface area (Å²) in [4.78, 5) is 0.222. The van der Waals surface area contributed by atoms with Gasteiger partial charge >= 0.3 is 0 Å². The molecule has 0 aromatic heterocycles. The molecule has 1 N–H and O–H groups in total. The number of rotatable bonds is 3. The molecule has 3 rings (SSSR count). The Balaban J connectivity index is 2.11. The Bertz CT molecular complexity index is 803. The highest BCUT2D eigenvalue weighted by molar-refractivity contribution is 7.92. The topological polar surface area (TPSA) is 57.6 Å². The van der Waals surface area contributed by atoms with E-state index in [1.54, 1.807) is 42.5 Å². The average molecular weight is 338 g/mol. The first-order chi connectivity index (χ1) is 10.4. The van der Waals surface area contributed by atoms with Crippen molar-refractivity contribution in [2.24, 2.45) is 0 Å². The van der Waals surface area contributed by atoms with E-state index in [4.69, 9.17) is 11.6 Å². The number of sulfonamides is 1. The van der Waals surface area contributed by atoms with E-state index in [0.717, 1.165) is 11.1 Å². The lowest BCUT2D eigenvalue weighted by atomic mass is 10.1. The number of aliphatic hydroxyl groups excluding tert-OH is 1. The van der Waals surface area contributed by atoms with Gasteiger partial charge in [-0.25, -0.2) is 8.42 Å². The highest BCUT2D eigenvalue weighted by Crippen LogP contribution is 2.38. The second-order valence-electron chi connectivity index (χ2n) is 5.43. The molecule has 1 aliphatic heterocycles. The number of benzene rings is 2. The van der Waals surface area contributed by atoms with E-state index in [1.807, 2.05) is 6.92 Å². The third kappa shape index (κ3) is 2.49. The predicted molar refractivity (Wildman–Crippen MR) is 86.9 cm³/mol. The molecular weight excluding hydrogens is 322 g/mol. The molecule has 2 aromatic rings. The zero-order valence-electron chi connectivity index (χ0n) is 12.0. The van der Waals surface area contributed by atoms with E-state index in [-0.39, 0.29) is 11.5 Å². The number of aliphatic hydroxyl groups is 1. The number of halogens is 1. The molecule has 2 aromatic carbocycles. The smallest absolute Gasteiger partial charge is 0.264 e. The summed E-state index contributed by atoms with van der Waals surface area (Å²) < 4.78 is 27.2. The van der Waals surface area contributed by atoms with E-state index in [0.29, 0.717) is 17.1 Å². The minimum atomic E-state index is -3.71. The van der Waals surface area contributed by atoms with Gasteiger partial charge in [-0.2, -0.15) is 0 Å².